The van der Waals surface area contributed by atoms with Crippen LogP contribution in [0, 0.1) is 23.2 Å². The third kappa shape index (κ3) is 1.93. The molecule has 0 N–H and O–H groups in total. The highest BCUT2D eigenvalue weighted by molar-refractivity contribution is 5.91. The minimum atomic E-state index is -0.238. The molecule has 0 radical (unpaired) electrons. The molecule has 3 nitrogen and oxygen atoms in total. The number of allylic oxidation sites excluding steroid dienone is 2. The summed E-state index contributed by atoms with van der Waals surface area (Å²) in [5, 5.41) is 0. The third-order valence-electron chi connectivity index (χ3n) is 7.30. The number of ether oxygens (including phenoxy) is 1. The van der Waals surface area contributed by atoms with E-state index in [0.717, 1.165) is 38.5 Å². The number of hydrogen-bond donors (Lipinski definition) is 0. The molecular formula is C19H26O3. The molecule has 2 saturated carbocycles. The standard InChI is InChI=1S/C19H26O3/c1-18-9-7-13(20)11-12(18)3-4-14-15(18)8-10-19(2)16(14)5-6-17(21)22-19/h11,14-16H,3-10H2,1-2H3/t14-,15+,16-,18+,19-/m1/s1. The maximum atomic E-state index is 11.8. The van der Waals surface area contributed by atoms with E-state index in [2.05, 4.69) is 13.8 Å². The van der Waals surface area contributed by atoms with Crippen LogP contribution in [0.5, 0.6) is 0 Å². The maximum Gasteiger partial charge on any atom is 0.306 e. The normalized spacial score (nSPS) is 47.7. The number of carbonyl (C=O) groups excluding carboxylic acids is 2. The van der Waals surface area contributed by atoms with Crippen LogP contribution in [0.3, 0.4) is 0 Å². The van der Waals surface area contributed by atoms with Crippen molar-refractivity contribution in [3.8, 4) is 0 Å². The zero-order valence-electron chi connectivity index (χ0n) is 13.7. The molecule has 3 heteroatoms. The summed E-state index contributed by atoms with van der Waals surface area (Å²) in [6.07, 6.45) is 9.60. The van der Waals surface area contributed by atoms with Crippen molar-refractivity contribution in [2.75, 3.05) is 0 Å². The topological polar surface area (TPSA) is 43.4 Å². The van der Waals surface area contributed by atoms with Crippen molar-refractivity contribution in [1.29, 1.82) is 0 Å². The van der Waals surface area contributed by atoms with Crippen molar-refractivity contribution >= 4 is 11.8 Å². The van der Waals surface area contributed by atoms with Gasteiger partial charge >= 0.3 is 5.97 Å². The quantitative estimate of drug-likeness (QED) is 0.639. The SMILES string of the molecule is C[C@@]12CC[C@H]3[C@@H](CCC4=CC(=O)CC[C@@]43C)[C@H]1CCC(=O)O2. The van der Waals surface area contributed by atoms with Crippen LogP contribution in [0.15, 0.2) is 11.6 Å². The maximum absolute atomic E-state index is 11.8. The van der Waals surface area contributed by atoms with Crippen LogP contribution >= 0.6 is 0 Å². The summed E-state index contributed by atoms with van der Waals surface area (Å²) in [7, 11) is 0. The molecule has 0 aromatic carbocycles. The molecule has 0 bridgehead atoms. The number of rotatable bonds is 0. The molecule has 3 fully saturated rings. The summed E-state index contributed by atoms with van der Waals surface area (Å²) in [6.45, 7) is 4.54. The Labute approximate surface area is 132 Å². The van der Waals surface area contributed by atoms with Crippen LogP contribution in [0.2, 0.25) is 0 Å². The van der Waals surface area contributed by atoms with Gasteiger partial charge in [0, 0.05) is 18.8 Å². The molecule has 0 unspecified atom stereocenters. The highest BCUT2D eigenvalue weighted by Crippen LogP contribution is 2.61. The van der Waals surface area contributed by atoms with E-state index < -0.39 is 0 Å². The lowest BCUT2D eigenvalue weighted by atomic mass is 9.48. The molecule has 22 heavy (non-hydrogen) atoms. The summed E-state index contributed by atoms with van der Waals surface area (Å²) >= 11 is 0. The zero-order chi connectivity index (χ0) is 15.5. The van der Waals surface area contributed by atoms with E-state index in [-0.39, 0.29) is 17.0 Å². The first-order chi connectivity index (χ1) is 10.4. The molecule has 1 heterocycles. The van der Waals surface area contributed by atoms with Gasteiger partial charge in [-0.05, 0) is 68.8 Å². The molecule has 0 aromatic rings. The molecule has 0 aromatic heterocycles. The largest absolute Gasteiger partial charge is 0.459 e. The van der Waals surface area contributed by atoms with Gasteiger partial charge in [-0.15, -0.1) is 0 Å². The van der Waals surface area contributed by atoms with Gasteiger partial charge in [-0.2, -0.15) is 0 Å². The van der Waals surface area contributed by atoms with E-state index in [1.54, 1.807) is 0 Å². The predicted octanol–water partition coefficient (Wildman–Crippen LogP) is 3.81. The van der Waals surface area contributed by atoms with Gasteiger partial charge in [0.1, 0.15) is 5.60 Å². The molecule has 3 aliphatic carbocycles. The van der Waals surface area contributed by atoms with Gasteiger partial charge in [0.25, 0.3) is 0 Å². The lowest BCUT2D eigenvalue weighted by Gasteiger charge is -2.59. The van der Waals surface area contributed by atoms with E-state index in [0.29, 0.717) is 36.4 Å². The number of carbonyl (C=O) groups is 2. The van der Waals surface area contributed by atoms with Crippen molar-refractivity contribution in [3.63, 3.8) is 0 Å². The van der Waals surface area contributed by atoms with Gasteiger partial charge in [0.15, 0.2) is 5.78 Å². The van der Waals surface area contributed by atoms with Gasteiger partial charge < -0.3 is 4.74 Å². The molecule has 5 atom stereocenters. The fraction of sp³-hybridized carbons (Fsp3) is 0.789. The Hall–Kier alpha value is -1.12. The monoisotopic (exact) mass is 302 g/mol. The smallest absolute Gasteiger partial charge is 0.306 e. The second-order valence-electron chi connectivity index (χ2n) is 8.33. The van der Waals surface area contributed by atoms with Crippen LogP contribution in [-0.4, -0.2) is 17.4 Å². The van der Waals surface area contributed by atoms with Crippen molar-refractivity contribution in [2.45, 2.75) is 70.8 Å². The Bertz CT molecular complexity index is 563. The molecule has 120 valence electrons. The first-order valence-corrected chi connectivity index (χ1v) is 8.88. The third-order valence-corrected chi connectivity index (χ3v) is 7.30. The fourth-order valence-corrected chi connectivity index (χ4v) is 6.08. The van der Waals surface area contributed by atoms with Crippen molar-refractivity contribution < 1.29 is 14.3 Å². The van der Waals surface area contributed by atoms with Gasteiger partial charge in [0.2, 0.25) is 0 Å². The van der Waals surface area contributed by atoms with Gasteiger partial charge in [-0.1, -0.05) is 12.5 Å². The second kappa shape index (κ2) is 4.69. The summed E-state index contributed by atoms with van der Waals surface area (Å²) in [5.74, 6) is 2.14. The molecule has 0 spiro atoms. The minimum absolute atomic E-state index is 0.0110. The lowest BCUT2D eigenvalue weighted by molar-refractivity contribution is -0.194. The molecular weight excluding hydrogens is 276 g/mol. The Morgan fingerprint density at radius 3 is 2.64 bits per heavy atom. The fourth-order valence-electron chi connectivity index (χ4n) is 6.08. The highest BCUT2D eigenvalue weighted by atomic mass is 16.6. The van der Waals surface area contributed by atoms with Crippen molar-refractivity contribution in [1.82, 2.24) is 0 Å². The van der Waals surface area contributed by atoms with Crippen molar-refractivity contribution in [2.24, 2.45) is 23.2 Å². The van der Waals surface area contributed by atoms with Crippen molar-refractivity contribution in [3.05, 3.63) is 11.6 Å². The Morgan fingerprint density at radius 2 is 1.82 bits per heavy atom. The van der Waals surface area contributed by atoms with Crippen LogP contribution in [-0.2, 0) is 14.3 Å². The number of hydrogen-bond acceptors (Lipinski definition) is 3. The first-order valence-electron chi connectivity index (χ1n) is 8.88. The molecule has 1 aliphatic heterocycles. The van der Waals surface area contributed by atoms with E-state index in [9.17, 15) is 9.59 Å². The second-order valence-corrected chi connectivity index (χ2v) is 8.33. The number of fused-ring (bicyclic) bond motifs is 5. The average molecular weight is 302 g/mol. The van der Waals surface area contributed by atoms with Crippen LogP contribution in [0.4, 0.5) is 0 Å². The van der Waals surface area contributed by atoms with Crippen LogP contribution in [0.1, 0.15) is 65.2 Å². The first kappa shape index (κ1) is 14.5. The summed E-state index contributed by atoms with van der Waals surface area (Å²) in [5.41, 5.74) is 1.37. The van der Waals surface area contributed by atoms with Gasteiger partial charge in [0.05, 0.1) is 0 Å². The average Bonchev–Trinajstić information content (AvgIpc) is 2.46. The van der Waals surface area contributed by atoms with Crippen LogP contribution < -0.4 is 0 Å². The summed E-state index contributed by atoms with van der Waals surface area (Å²) in [6, 6.07) is 0. The van der Waals surface area contributed by atoms with E-state index in [1.807, 2.05) is 6.08 Å². The number of ketones is 1. The Morgan fingerprint density at radius 1 is 1.00 bits per heavy atom. The predicted molar refractivity (Wildman–Crippen MR) is 83.1 cm³/mol. The zero-order valence-corrected chi connectivity index (χ0v) is 13.7. The highest BCUT2D eigenvalue weighted by Gasteiger charge is 2.57. The van der Waals surface area contributed by atoms with Crippen LogP contribution in [0.25, 0.3) is 0 Å². The van der Waals surface area contributed by atoms with E-state index >= 15 is 0 Å². The Kier molecular flexibility index (Phi) is 3.08. The van der Waals surface area contributed by atoms with Gasteiger partial charge in [-0.3, -0.25) is 9.59 Å². The molecule has 0 amide bonds. The number of esters is 1. The molecule has 1 saturated heterocycles. The van der Waals surface area contributed by atoms with E-state index in [1.165, 1.54) is 5.57 Å². The summed E-state index contributed by atoms with van der Waals surface area (Å²) < 4.78 is 5.81. The lowest BCUT2D eigenvalue weighted by Crippen LogP contribution is -2.56. The Balaban J connectivity index is 1.67. The molecule has 4 rings (SSSR count). The van der Waals surface area contributed by atoms with E-state index in [4.69, 9.17) is 4.74 Å². The van der Waals surface area contributed by atoms with Gasteiger partial charge in [-0.25, -0.2) is 0 Å². The molecule has 4 aliphatic rings. The summed E-state index contributed by atoms with van der Waals surface area (Å²) in [4.78, 5) is 23.5. The minimum Gasteiger partial charge on any atom is -0.459 e.